The van der Waals surface area contributed by atoms with Crippen LogP contribution in [0.5, 0.6) is 11.8 Å². The summed E-state index contributed by atoms with van der Waals surface area (Å²) in [5.74, 6) is 2.65. The molecule has 6 nitrogen and oxygen atoms in total. The topological polar surface area (TPSA) is 65.7 Å². The van der Waals surface area contributed by atoms with Crippen molar-refractivity contribution < 1.29 is 4.74 Å². The molecule has 0 N–H and O–H groups in total. The molecular weight excluding hydrogens is 651 g/mol. The van der Waals surface area contributed by atoms with E-state index in [9.17, 15) is 0 Å². The second-order valence-electron chi connectivity index (χ2n) is 13.5. The van der Waals surface area contributed by atoms with Crippen LogP contribution in [-0.4, -0.2) is 24.5 Å². The highest BCUT2D eigenvalue weighted by Crippen LogP contribution is 2.59. The van der Waals surface area contributed by atoms with Crippen molar-refractivity contribution in [2.24, 2.45) is 0 Å². The van der Waals surface area contributed by atoms with Crippen molar-refractivity contribution in [3.63, 3.8) is 0 Å². The lowest BCUT2D eigenvalue weighted by Gasteiger charge is -2.39. The van der Waals surface area contributed by atoms with Gasteiger partial charge in [-0.15, -0.1) is 0 Å². The lowest BCUT2D eigenvalue weighted by atomic mass is 9.78. The molecule has 7 aromatic carbocycles. The van der Waals surface area contributed by atoms with Gasteiger partial charge in [-0.3, -0.25) is 4.57 Å². The molecule has 3 heterocycles. The van der Waals surface area contributed by atoms with Crippen LogP contribution in [0, 0.1) is 0 Å². The summed E-state index contributed by atoms with van der Waals surface area (Å²) in [4.78, 5) is 19.9. The fourth-order valence-electron chi connectivity index (χ4n) is 8.22. The zero-order valence-corrected chi connectivity index (χ0v) is 28.4. The average Bonchev–Trinajstić information content (AvgIpc) is 3.75. The van der Waals surface area contributed by atoms with Crippen molar-refractivity contribution >= 4 is 11.0 Å². The van der Waals surface area contributed by atoms with Crippen molar-refractivity contribution in [3.05, 3.63) is 193 Å². The Bertz CT molecular complexity index is 2780. The molecule has 0 unspecified atom stereocenters. The van der Waals surface area contributed by atoms with Crippen LogP contribution >= 0.6 is 0 Å². The quantitative estimate of drug-likeness (QED) is 0.185. The van der Waals surface area contributed by atoms with Crippen molar-refractivity contribution in [2.45, 2.75) is 5.54 Å². The maximum atomic E-state index is 6.80. The number of fused-ring (bicyclic) bond motifs is 11. The van der Waals surface area contributed by atoms with Gasteiger partial charge in [-0.25, -0.2) is 15.0 Å². The Morgan fingerprint density at radius 3 is 1.60 bits per heavy atom. The van der Waals surface area contributed by atoms with Gasteiger partial charge >= 0.3 is 6.01 Å². The van der Waals surface area contributed by atoms with E-state index < -0.39 is 5.54 Å². The van der Waals surface area contributed by atoms with Gasteiger partial charge in [0.05, 0.1) is 11.0 Å². The van der Waals surface area contributed by atoms with Gasteiger partial charge in [-0.1, -0.05) is 152 Å². The molecular formula is C47H29N5O. The summed E-state index contributed by atoms with van der Waals surface area (Å²) in [6.45, 7) is 0. The van der Waals surface area contributed by atoms with E-state index in [4.69, 9.17) is 24.7 Å². The SMILES string of the molecule is c1ccc(-c2nc(-c3ccccc3)nc(-c3cccc(-c4ccc5c(c4)Oc4nc6ccccc6n4C54c5ccccc5-c5ccccc54)c3)n2)cc1. The molecule has 1 aliphatic carbocycles. The molecule has 0 radical (unpaired) electrons. The number of para-hydroxylation sites is 2. The third-order valence-electron chi connectivity index (χ3n) is 10.5. The van der Waals surface area contributed by atoms with E-state index in [1.54, 1.807) is 0 Å². The first-order chi connectivity index (χ1) is 26.3. The van der Waals surface area contributed by atoms with E-state index in [1.807, 2.05) is 66.7 Å². The van der Waals surface area contributed by atoms with Gasteiger partial charge in [-0.2, -0.15) is 4.98 Å². The third kappa shape index (κ3) is 4.39. The molecule has 2 aromatic heterocycles. The first-order valence-electron chi connectivity index (χ1n) is 17.7. The molecule has 1 spiro atoms. The maximum absolute atomic E-state index is 6.80. The van der Waals surface area contributed by atoms with E-state index in [-0.39, 0.29) is 0 Å². The zero-order chi connectivity index (χ0) is 34.9. The third-order valence-corrected chi connectivity index (χ3v) is 10.5. The fourth-order valence-corrected chi connectivity index (χ4v) is 8.22. The van der Waals surface area contributed by atoms with E-state index in [1.165, 1.54) is 22.3 Å². The molecule has 0 amide bonds. The van der Waals surface area contributed by atoms with Crippen LogP contribution in [0.15, 0.2) is 176 Å². The van der Waals surface area contributed by atoms with Gasteiger partial charge in [0.15, 0.2) is 17.5 Å². The summed E-state index contributed by atoms with van der Waals surface area (Å²) in [7, 11) is 0. The van der Waals surface area contributed by atoms with E-state index in [0.29, 0.717) is 23.5 Å². The van der Waals surface area contributed by atoms with Crippen molar-refractivity contribution in [1.82, 2.24) is 24.5 Å². The highest BCUT2D eigenvalue weighted by molar-refractivity contribution is 5.89. The molecule has 0 fully saturated rings. The highest BCUT2D eigenvalue weighted by Gasteiger charge is 2.52. The van der Waals surface area contributed by atoms with Crippen molar-refractivity contribution in [2.75, 3.05) is 0 Å². The number of nitrogens with zero attached hydrogens (tertiary/aromatic N) is 5. The Morgan fingerprint density at radius 1 is 0.396 bits per heavy atom. The summed E-state index contributed by atoms with van der Waals surface area (Å²) in [5.41, 5.74) is 12.0. The molecule has 9 aromatic rings. The Hall–Kier alpha value is -7.18. The summed E-state index contributed by atoms with van der Waals surface area (Å²) >= 11 is 0. The number of rotatable bonds is 4. The summed E-state index contributed by atoms with van der Waals surface area (Å²) in [6, 6.07) is 61.4. The minimum Gasteiger partial charge on any atom is -0.425 e. The average molecular weight is 680 g/mol. The number of ether oxygens (including phenoxy) is 1. The standard InChI is InChI=1S/C47H29N5O/c1-3-14-30(15-4-1)43-49-44(31-16-5-2-6-17-31)51-45(50-43)34-19-13-18-32(28-34)33-26-27-39-42(29-33)53-46-48-40-24-11-12-25-41(40)52(46)47(39)37-22-9-7-20-35(37)36-21-8-10-23-38(36)47/h1-29H. The Kier molecular flexibility index (Phi) is 6.36. The molecule has 0 saturated heterocycles. The molecule has 53 heavy (non-hydrogen) atoms. The molecule has 0 bridgehead atoms. The molecule has 1 aliphatic heterocycles. The second-order valence-corrected chi connectivity index (χ2v) is 13.5. The first kappa shape index (κ1) is 29.5. The molecule has 0 saturated carbocycles. The predicted octanol–water partition coefficient (Wildman–Crippen LogP) is 10.8. The summed E-state index contributed by atoms with van der Waals surface area (Å²) in [5, 5.41) is 0. The number of imidazole rings is 1. The van der Waals surface area contributed by atoms with Gasteiger partial charge in [0, 0.05) is 22.3 Å². The van der Waals surface area contributed by atoms with E-state index in [2.05, 4.69) is 114 Å². The van der Waals surface area contributed by atoms with Crippen molar-refractivity contribution in [1.29, 1.82) is 0 Å². The number of benzene rings is 7. The lowest BCUT2D eigenvalue weighted by molar-refractivity contribution is 0.340. The number of hydrogen-bond acceptors (Lipinski definition) is 5. The monoisotopic (exact) mass is 679 g/mol. The zero-order valence-electron chi connectivity index (χ0n) is 28.4. The van der Waals surface area contributed by atoms with Gasteiger partial charge in [-0.05, 0) is 57.6 Å². The smallest absolute Gasteiger partial charge is 0.304 e. The van der Waals surface area contributed by atoms with Crippen LogP contribution in [0.25, 0.3) is 67.5 Å². The normalized spacial score (nSPS) is 13.2. The van der Waals surface area contributed by atoms with E-state index in [0.717, 1.165) is 50.2 Å². The lowest BCUT2D eigenvalue weighted by Crippen LogP contribution is -2.38. The Labute approximate surface area is 305 Å². The van der Waals surface area contributed by atoms with Gasteiger partial charge in [0.1, 0.15) is 11.3 Å². The predicted molar refractivity (Wildman–Crippen MR) is 209 cm³/mol. The highest BCUT2D eigenvalue weighted by atomic mass is 16.5. The minimum atomic E-state index is -0.668. The number of aromatic nitrogens is 5. The number of hydrogen-bond donors (Lipinski definition) is 0. The van der Waals surface area contributed by atoms with E-state index >= 15 is 0 Å². The van der Waals surface area contributed by atoms with Gasteiger partial charge in [0.25, 0.3) is 0 Å². The molecule has 248 valence electrons. The van der Waals surface area contributed by atoms with Crippen LogP contribution in [0.2, 0.25) is 0 Å². The first-order valence-corrected chi connectivity index (χ1v) is 17.7. The summed E-state index contributed by atoms with van der Waals surface area (Å²) in [6.07, 6.45) is 0. The van der Waals surface area contributed by atoms with Crippen LogP contribution in [0.3, 0.4) is 0 Å². The Morgan fingerprint density at radius 2 is 0.925 bits per heavy atom. The molecule has 6 heteroatoms. The molecule has 2 aliphatic rings. The summed E-state index contributed by atoms with van der Waals surface area (Å²) < 4.78 is 9.10. The maximum Gasteiger partial charge on any atom is 0.304 e. The Balaban J connectivity index is 1.09. The molecule has 11 rings (SSSR count). The van der Waals surface area contributed by atoms with Crippen LogP contribution in [0.4, 0.5) is 0 Å². The van der Waals surface area contributed by atoms with Gasteiger partial charge < -0.3 is 4.74 Å². The van der Waals surface area contributed by atoms with Crippen LogP contribution < -0.4 is 4.74 Å². The molecule has 0 atom stereocenters. The van der Waals surface area contributed by atoms with Crippen LogP contribution in [-0.2, 0) is 5.54 Å². The van der Waals surface area contributed by atoms with Crippen molar-refractivity contribution in [3.8, 4) is 68.2 Å². The largest absolute Gasteiger partial charge is 0.425 e. The fraction of sp³-hybridized carbons (Fsp3) is 0.0213. The minimum absolute atomic E-state index is 0.572. The van der Waals surface area contributed by atoms with Crippen LogP contribution in [0.1, 0.15) is 16.7 Å². The van der Waals surface area contributed by atoms with Gasteiger partial charge in [0.2, 0.25) is 0 Å². The second kappa shape index (κ2) is 11.4.